The van der Waals surface area contributed by atoms with Crippen LogP contribution in [-0.4, -0.2) is 16.3 Å². The number of hydrogen-bond acceptors (Lipinski definition) is 2. The van der Waals surface area contributed by atoms with E-state index in [-0.39, 0.29) is 12.1 Å². The van der Waals surface area contributed by atoms with Crippen LogP contribution < -0.4 is 5.32 Å². The standard InChI is InChI=1S/C14H15BrF3N3/c1-2-6-19-8-10-9-20-21(13(10)14(16,17)18)12-5-3-4-11(15)7-12/h3-5,7,9,19H,2,6,8H2,1H3. The van der Waals surface area contributed by atoms with Gasteiger partial charge in [0.05, 0.1) is 11.9 Å². The van der Waals surface area contributed by atoms with E-state index in [0.717, 1.165) is 11.1 Å². The van der Waals surface area contributed by atoms with E-state index in [0.29, 0.717) is 16.7 Å². The van der Waals surface area contributed by atoms with Crippen molar-refractivity contribution in [2.24, 2.45) is 0 Å². The van der Waals surface area contributed by atoms with Gasteiger partial charge in [0, 0.05) is 16.6 Å². The highest BCUT2D eigenvalue weighted by Crippen LogP contribution is 2.34. The molecule has 0 aliphatic carbocycles. The Morgan fingerprint density at radius 2 is 2.10 bits per heavy atom. The Morgan fingerprint density at radius 1 is 1.33 bits per heavy atom. The highest BCUT2D eigenvalue weighted by atomic mass is 79.9. The molecule has 2 rings (SSSR count). The molecule has 3 nitrogen and oxygen atoms in total. The molecular formula is C14H15BrF3N3. The van der Waals surface area contributed by atoms with Crippen molar-refractivity contribution >= 4 is 15.9 Å². The third kappa shape index (κ3) is 3.85. The van der Waals surface area contributed by atoms with Crippen molar-refractivity contribution in [3.8, 4) is 5.69 Å². The van der Waals surface area contributed by atoms with Gasteiger partial charge in [0.15, 0.2) is 5.69 Å². The lowest BCUT2D eigenvalue weighted by molar-refractivity contribution is -0.143. The minimum Gasteiger partial charge on any atom is -0.313 e. The van der Waals surface area contributed by atoms with Crippen LogP contribution in [0.15, 0.2) is 34.9 Å². The highest BCUT2D eigenvalue weighted by Gasteiger charge is 2.38. The van der Waals surface area contributed by atoms with Crippen molar-refractivity contribution in [2.45, 2.75) is 26.1 Å². The van der Waals surface area contributed by atoms with E-state index in [2.05, 4.69) is 26.3 Å². The number of hydrogen-bond donors (Lipinski definition) is 1. The molecule has 21 heavy (non-hydrogen) atoms. The number of rotatable bonds is 5. The second kappa shape index (κ2) is 6.62. The smallest absolute Gasteiger partial charge is 0.313 e. The third-order valence-electron chi connectivity index (χ3n) is 2.91. The van der Waals surface area contributed by atoms with Crippen LogP contribution in [0.2, 0.25) is 0 Å². The van der Waals surface area contributed by atoms with Gasteiger partial charge in [0.2, 0.25) is 0 Å². The van der Waals surface area contributed by atoms with Crippen molar-refractivity contribution in [3.63, 3.8) is 0 Å². The summed E-state index contributed by atoms with van der Waals surface area (Å²) in [7, 11) is 0. The lowest BCUT2D eigenvalue weighted by atomic mass is 10.2. The van der Waals surface area contributed by atoms with Gasteiger partial charge >= 0.3 is 6.18 Å². The summed E-state index contributed by atoms with van der Waals surface area (Å²) in [6.07, 6.45) is -2.32. The Bertz CT molecular complexity index is 608. The molecule has 0 aliphatic rings. The number of alkyl halides is 3. The monoisotopic (exact) mass is 361 g/mol. The molecule has 0 bridgehead atoms. The molecule has 2 aromatic rings. The Labute approximate surface area is 129 Å². The fraction of sp³-hybridized carbons (Fsp3) is 0.357. The molecule has 7 heteroatoms. The van der Waals surface area contributed by atoms with Gasteiger partial charge < -0.3 is 5.32 Å². The van der Waals surface area contributed by atoms with Crippen molar-refractivity contribution in [3.05, 3.63) is 46.2 Å². The summed E-state index contributed by atoms with van der Waals surface area (Å²) >= 11 is 3.26. The normalized spacial score (nSPS) is 11.9. The summed E-state index contributed by atoms with van der Waals surface area (Å²) in [5.74, 6) is 0. The van der Waals surface area contributed by atoms with E-state index in [9.17, 15) is 13.2 Å². The molecule has 0 unspecified atom stereocenters. The molecule has 0 saturated heterocycles. The summed E-state index contributed by atoms with van der Waals surface area (Å²) in [4.78, 5) is 0. The average Bonchev–Trinajstić information content (AvgIpc) is 2.83. The van der Waals surface area contributed by atoms with Gasteiger partial charge in [-0.15, -0.1) is 0 Å². The summed E-state index contributed by atoms with van der Waals surface area (Å²) in [6.45, 7) is 2.78. The zero-order valence-corrected chi connectivity index (χ0v) is 13.0. The van der Waals surface area contributed by atoms with Crippen LogP contribution in [0.4, 0.5) is 13.2 Å². The second-order valence-corrected chi connectivity index (χ2v) is 5.50. The van der Waals surface area contributed by atoms with Crippen molar-refractivity contribution in [2.75, 3.05) is 6.54 Å². The molecule has 0 atom stereocenters. The first kappa shape index (κ1) is 16.0. The fourth-order valence-electron chi connectivity index (χ4n) is 2.02. The van der Waals surface area contributed by atoms with Crippen LogP contribution in [0.3, 0.4) is 0 Å². The molecule has 0 amide bonds. The first-order valence-corrected chi connectivity index (χ1v) is 7.33. The molecule has 1 aromatic carbocycles. The van der Waals surface area contributed by atoms with Crippen LogP contribution in [0.25, 0.3) is 5.69 Å². The minimum absolute atomic E-state index is 0.149. The summed E-state index contributed by atoms with van der Waals surface area (Å²) in [5, 5.41) is 6.89. The van der Waals surface area contributed by atoms with Crippen molar-refractivity contribution in [1.29, 1.82) is 0 Å². The predicted octanol–water partition coefficient (Wildman–Crippen LogP) is 4.15. The lowest BCUT2D eigenvalue weighted by Crippen LogP contribution is -2.20. The van der Waals surface area contributed by atoms with Crippen LogP contribution >= 0.6 is 15.9 Å². The topological polar surface area (TPSA) is 29.9 Å². The van der Waals surface area contributed by atoms with Crippen LogP contribution in [0, 0.1) is 0 Å². The molecule has 0 spiro atoms. The van der Waals surface area contributed by atoms with Crippen LogP contribution in [0.5, 0.6) is 0 Å². The Kier molecular flexibility index (Phi) is 5.05. The Balaban J connectivity index is 2.42. The van der Waals surface area contributed by atoms with E-state index in [4.69, 9.17) is 0 Å². The summed E-state index contributed by atoms with van der Waals surface area (Å²) in [5.41, 5.74) is -0.210. The average molecular weight is 362 g/mol. The van der Waals surface area contributed by atoms with E-state index in [1.165, 1.54) is 6.20 Å². The maximum Gasteiger partial charge on any atom is 0.433 e. The van der Waals surface area contributed by atoms with Gasteiger partial charge in [-0.1, -0.05) is 28.9 Å². The SMILES string of the molecule is CCCNCc1cnn(-c2cccc(Br)c2)c1C(F)(F)F. The fourth-order valence-corrected chi connectivity index (χ4v) is 2.40. The Morgan fingerprint density at radius 3 is 2.71 bits per heavy atom. The molecule has 0 saturated carbocycles. The van der Waals surface area contributed by atoms with Gasteiger partial charge in [-0.05, 0) is 31.2 Å². The van der Waals surface area contributed by atoms with E-state index < -0.39 is 11.9 Å². The molecule has 1 N–H and O–H groups in total. The molecule has 0 fully saturated rings. The predicted molar refractivity (Wildman–Crippen MR) is 78.3 cm³/mol. The summed E-state index contributed by atoms with van der Waals surface area (Å²) < 4.78 is 41.7. The van der Waals surface area contributed by atoms with Crippen LogP contribution in [-0.2, 0) is 12.7 Å². The van der Waals surface area contributed by atoms with Gasteiger partial charge in [-0.2, -0.15) is 18.3 Å². The van der Waals surface area contributed by atoms with E-state index in [1.807, 2.05) is 6.92 Å². The molecule has 1 aromatic heterocycles. The number of aromatic nitrogens is 2. The van der Waals surface area contributed by atoms with Gasteiger partial charge in [0.1, 0.15) is 0 Å². The number of nitrogens with zero attached hydrogens (tertiary/aromatic N) is 2. The largest absolute Gasteiger partial charge is 0.433 e. The Hall–Kier alpha value is -1.34. The molecular weight excluding hydrogens is 347 g/mol. The number of nitrogens with one attached hydrogen (secondary N) is 1. The number of halogens is 4. The third-order valence-corrected chi connectivity index (χ3v) is 3.40. The maximum atomic E-state index is 13.3. The molecule has 0 radical (unpaired) electrons. The number of benzene rings is 1. The van der Waals surface area contributed by atoms with Crippen LogP contribution in [0.1, 0.15) is 24.6 Å². The van der Waals surface area contributed by atoms with Crippen molar-refractivity contribution in [1.82, 2.24) is 15.1 Å². The first-order chi connectivity index (χ1) is 9.93. The maximum absolute atomic E-state index is 13.3. The first-order valence-electron chi connectivity index (χ1n) is 6.54. The zero-order valence-electron chi connectivity index (χ0n) is 11.4. The molecule has 114 valence electrons. The van der Waals surface area contributed by atoms with Gasteiger partial charge in [-0.25, -0.2) is 4.68 Å². The quantitative estimate of drug-likeness (QED) is 0.810. The molecule has 1 heterocycles. The lowest BCUT2D eigenvalue weighted by Gasteiger charge is -2.13. The van der Waals surface area contributed by atoms with Gasteiger partial charge in [0.25, 0.3) is 0 Å². The summed E-state index contributed by atoms with van der Waals surface area (Å²) in [6, 6.07) is 6.63. The highest BCUT2D eigenvalue weighted by molar-refractivity contribution is 9.10. The second-order valence-electron chi connectivity index (χ2n) is 4.58. The molecule has 0 aliphatic heterocycles. The van der Waals surface area contributed by atoms with E-state index in [1.54, 1.807) is 24.3 Å². The van der Waals surface area contributed by atoms with Crippen molar-refractivity contribution < 1.29 is 13.2 Å². The van der Waals surface area contributed by atoms with Gasteiger partial charge in [-0.3, -0.25) is 0 Å². The van der Waals surface area contributed by atoms with E-state index >= 15 is 0 Å². The zero-order chi connectivity index (χ0) is 15.5. The minimum atomic E-state index is -4.46.